The van der Waals surface area contributed by atoms with Gasteiger partial charge in [0.1, 0.15) is 12.4 Å². The molecule has 0 heterocycles. The molecule has 0 aromatic heterocycles. The predicted molar refractivity (Wildman–Crippen MR) is 122 cm³/mol. The topological polar surface area (TPSA) is 75.7 Å². The molecule has 3 aromatic rings. The number of carbonyl (C=O) groups is 1. The van der Waals surface area contributed by atoms with Gasteiger partial charge in [-0.25, -0.2) is 8.42 Å². The van der Waals surface area contributed by atoms with Gasteiger partial charge in [-0.3, -0.25) is 9.10 Å². The molecule has 0 aliphatic carbocycles. The smallest absolute Gasteiger partial charge is 0.264 e. The number of hydrogen-bond donors (Lipinski definition) is 1. The Balaban J connectivity index is 1.61. The first-order valence-electron chi connectivity index (χ1n) is 9.91. The molecule has 0 saturated heterocycles. The molecule has 0 aliphatic rings. The number of ether oxygens (including phenoxy) is 1. The van der Waals surface area contributed by atoms with E-state index in [4.69, 9.17) is 4.74 Å². The van der Waals surface area contributed by atoms with Crippen molar-refractivity contribution in [3.63, 3.8) is 0 Å². The molecule has 7 heteroatoms. The van der Waals surface area contributed by atoms with Crippen LogP contribution in [0.3, 0.4) is 0 Å². The lowest BCUT2D eigenvalue weighted by atomic mass is 10.1. The summed E-state index contributed by atoms with van der Waals surface area (Å²) < 4.78 is 32.5. The summed E-state index contributed by atoms with van der Waals surface area (Å²) in [6.45, 7) is 4.50. The number of benzene rings is 3. The lowest BCUT2D eigenvalue weighted by Gasteiger charge is -2.22. The molecule has 0 aliphatic heterocycles. The van der Waals surface area contributed by atoms with Crippen molar-refractivity contribution < 1.29 is 17.9 Å². The van der Waals surface area contributed by atoms with Crippen LogP contribution < -0.4 is 14.4 Å². The molecule has 0 saturated carbocycles. The van der Waals surface area contributed by atoms with Gasteiger partial charge < -0.3 is 10.1 Å². The first-order chi connectivity index (χ1) is 14.8. The quantitative estimate of drug-likeness (QED) is 0.541. The number of rotatable bonds is 8. The summed E-state index contributed by atoms with van der Waals surface area (Å²) in [5.74, 6) is 0.512. The third kappa shape index (κ3) is 5.44. The second-order valence-corrected chi connectivity index (χ2v) is 9.17. The van der Waals surface area contributed by atoms with Crippen LogP contribution in [0.4, 0.5) is 5.69 Å². The van der Waals surface area contributed by atoms with E-state index in [1.807, 2.05) is 31.2 Å². The fourth-order valence-corrected chi connectivity index (χ4v) is 4.38. The second kappa shape index (κ2) is 9.66. The highest BCUT2D eigenvalue weighted by atomic mass is 32.2. The van der Waals surface area contributed by atoms with Gasteiger partial charge >= 0.3 is 0 Å². The average Bonchev–Trinajstić information content (AvgIpc) is 2.77. The van der Waals surface area contributed by atoms with E-state index in [0.29, 0.717) is 30.0 Å². The van der Waals surface area contributed by atoms with Crippen molar-refractivity contribution in [3.05, 3.63) is 89.5 Å². The van der Waals surface area contributed by atoms with Gasteiger partial charge in [0.2, 0.25) is 0 Å². The number of nitrogens with one attached hydrogen (secondary N) is 1. The minimum Gasteiger partial charge on any atom is -0.492 e. The number of amides is 1. The van der Waals surface area contributed by atoms with Gasteiger partial charge in [-0.2, -0.15) is 0 Å². The Morgan fingerprint density at radius 3 is 2.29 bits per heavy atom. The number of nitrogens with zero attached hydrogens (tertiary/aromatic N) is 1. The van der Waals surface area contributed by atoms with Crippen LogP contribution >= 0.6 is 0 Å². The molecule has 0 unspecified atom stereocenters. The summed E-state index contributed by atoms with van der Waals surface area (Å²) in [4.78, 5) is 12.7. The summed E-state index contributed by atoms with van der Waals surface area (Å²) >= 11 is 0. The third-order valence-corrected chi connectivity index (χ3v) is 6.66. The number of aryl methyl sites for hydroxylation is 2. The zero-order valence-electron chi connectivity index (χ0n) is 17.8. The normalized spacial score (nSPS) is 11.1. The van der Waals surface area contributed by atoms with Crippen LogP contribution in [0.2, 0.25) is 0 Å². The molecule has 31 heavy (non-hydrogen) atoms. The minimum atomic E-state index is -3.68. The van der Waals surface area contributed by atoms with Crippen LogP contribution in [-0.4, -0.2) is 34.5 Å². The zero-order chi connectivity index (χ0) is 22.4. The highest BCUT2D eigenvalue weighted by molar-refractivity contribution is 7.92. The van der Waals surface area contributed by atoms with Gasteiger partial charge in [0.15, 0.2) is 0 Å². The molecule has 0 fully saturated rings. The number of sulfonamides is 1. The average molecular weight is 439 g/mol. The Kier molecular flexibility index (Phi) is 6.97. The van der Waals surface area contributed by atoms with E-state index >= 15 is 0 Å². The molecule has 0 spiro atoms. The second-order valence-electron chi connectivity index (χ2n) is 7.20. The molecule has 0 bridgehead atoms. The first kappa shape index (κ1) is 22.4. The number of anilines is 1. The molecule has 1 amide bonds. The summed E-state index contributed by atoms with van der Waals surface area (Å²) in [6.07, 6.45) is 0. The highest BCUT2D eigenvalue weighted by Gasteiger charge is 2.22. The number of carbonyl (C=O) groups excluding carboxylic acids is 1. The van der Waals surface area contributed by atoms with Crippen LogP contribution in [-0.2, 0) is 10.0 Å². The maximum Gasteiger partial charge on any atom is 0.264 e. The van der Waals surface area contributed by atoms with Crippen molar-refractivity contribution in [2.45, 2.75) is 18.7 Å². The van der Waals surface area contributed by atoms with E-state index in [-0.39, 0.29) is 10.8 Å². The van der Waals surface area contributed by atoms with Crippen LogP contribution in [0.25, 0.3) is 0 Å². The van der Waals surface area contributed by atoms with Crippen LogP contribution in [0.1, 0.15) is 21.5 Å². The van der Waals surface area contributed by atoms with Crippen LogP contribution in [0.15, 0.2) is 77.7 Å². The molecule has 0 radical (unpaired) electrons. The van der Waals surface area contributed by atoms with Gasteiger partial charge in [-0.05, 0) is 61.9 Å². The fraction of sp³-hybridized carbons (Fsp3) is 0.208. The Morgan fingerprint density at radius 1 is 0.968 bits per heavy atom. The van der Waals surface area contributed by atoms with Crippen LogP contribution in [0.5, 0.6) is 5.75 Å². The standard InChI is InChI=1S/C24H26N2O4S/c1-18-9-12-21(13-10-18)30-16-15-25-24(27)20-11-14-23(19(2)17-20)26(3)31(28,29)22-7-5-4-6-8-22/h4-14,17H,15-16H2,1-3H3,(H,25,27). The Morgan fingerprint density at radius 2 is 1.65 bits per heavy atom. The lowest BCUT2D eigenvalue weighted by Crippen LogP contribution is -2.29. The summed E-state index contributed by atoms with van der Waals surface area (Å²) in [7, 11) is -2.17. The molecule has 162 valence electrons. The van der Waals surface area contributed by atoms with Gasteiger partial charge in [0, 0.05) is 12.6 Å². The van der Waals surface area contributed by atoms with E-state index in [1.54, 1.807) is 55.5 Å². The fourth-order valence-electron chi connectivity index (χ4n) is 3.10. The maximum absolute atomic E-state index is 12.8. The van der Waals surface area contributed by atoms with E-state index in [0.717, 1.165) is 11.3 Å². The van der Waals surface area contributed by atoms with Gasteiger partial charge in [0.25, 0.3) is 15.9 Å². The van der Waals surface area contributed by atoms with E-state index in [2.05, 4.69) is 5.32 Å². The van der Waals surface area contributed by atoms with Crippen LogP contribution in [0, 0.1) is 13.8 Å². The molecule has 1 N–H and O–H groups in total. The van der Waals surface area contributed by atoms with Crippen molar-refractivity contribution in [2.75, 3.05) is 24.5 Å². The maximum atomic E-state index is 12.8. The number of hydrogen-bond acceptors (Lipinski definition) is 4. The summed E-state index contributed by atoms with van der Waals surface area (Å²) in [5, 5.41) is 2.82. The Hall–Kier alpha value is -3.32. The van der Waals surface area contributed by atoms with Crippen molar-refractivity contribution in [1.82, 2.24) is 5.32 Å². The summed E-state index contributed by atoms with van der Waals surface area (Å²) in [6, 6.07) is 20.9. The van der Waals surface area contributed by atoms with Crippen molar-refractivity contribution >= 4 is 21.6 Å². The van der Waals surface area contributed by atoms with Crippen molar-refractivity contribution in [1.29, 1.82) is 0 Å². The largest absolute Gasteiger partial charge is 0.492 e. The predicted octanol–water partition coefficient (Wildman–Crippen LogP) is 3.94. The Labute approximate surface area is 183 Å². The zero-order valence-corrected chi connectivity index (χ0v) is 18.6. The SMILES string of the molecule is Cc1ccc(OCCNC(=O)c2ccc(N(C)S(=O)(=O)c3ccccc3)c(C)c2)cc1. The molecular weight excluding hydrogens is 412 g/mol. The van der Waals surface area contributed by atoms with E-state index < -0.39 is 10.0 Å². The minimum absolute atomic E-state index is 0.215. The third-order valence-electron chi connectivity index (χ3n) is 4.88. The molecular formula is C24H26N2O4S. The van der Waals surface area contributed by atoms with E-state index in [9.17, 15) is 13.2 Å². The van der Waals surface area contributed by atoms with Crippen molar-refractivity contribution in [3.8, 4) is 5.75 Å². The lowest BCUT2D eigenvalue weighted by molar-refractivity contribution is 0.0947. The molecule has 6 nitrogen and oxygen atoms in total. The van der Waals surface area contributed by atoms with E-state index in [1.165, 1.54) is 11.4 Å². The van der Waals surface area contributed by atoms with Gasteiger partial charge in [0.05, 0.1) is 17.1 Å². The summed E-state index contributed by atoms with van der Waals surface area (Å²) in [5.41, 5.74) is 2.82. The molecule has 0 atom stereocenters. The van der Waals surface area contributed by atoms with Gasteiger partial charge in [-0.15, -0.1) is 0 Å². The first-order valence-corrected chi connectivity index (χ1v) is 11.4. The molecule has 3 aromatic carbocycles. The Bertz CT molecular complexity index is 1140. The van der Waals surface area contributed by atoms with Crippen molar-refractivity contribution in [2.24, 2.45) is 0 Å². The monoisotopic (exact) mass is 438 g/mol. The highest BCUT2D eigenvalue weighted by Crippen LogP contribution is 2.26. The molecule has 3 rings (SSSR count). The van der Waals surface area contributed by atoms with Gasteiger partial charge in [-0.1, -0.05) is 35.9 Å².